The van der Waals surface area contributed by atoms with Crippen LogP contribution in [0.2, 0.25) is 0 Å². The molecule has 0 bridgehead atoms. The largest absolute Gasteiger partial charge is 0.480 e. The summed E-state index contributed by atoms with van der Waals surface area (Å²) in [5.41, 5.74) is 0. The maximum Gasteiger partial charge on any atom is 0.328 e. The lowest BCUT2D eigenvalue weighted by molar-refractivity contribution is -0.147. The van der Waals surface area contributed by atoms with Crippen LogP contribution >= 0.6 is 0 Å². The maximum atomic E-state index is 12.4. The Kier molecular flexibility index (Phi) is 5.00. The van der Waals surface area contributed by atoms with Gasteiger partial charge in [0.05, 0.1) is 13.2 Å². The van der Waals surface area contributed by atoms with Crippen LogP contribution in [0, 0.1) is 5.92 Å². The molecule has 2 heterocycles. The Morgan fingerprint density at radius 1 is 1.19 bits per heavy atom. The zero-order chi connectivity index (χ0) is 15.4. The van der Waals surface area contributed by atoms with E-state index in [9.17, 15) is 14.4 Å². The molecule has 0 aromatic rings. The Balaban J connectivity index is 1.94. The van der Waals surface area contributed by atoms with E-state index < -0.39 is 12.0 Å². The molecule has 0 aliphatic carbocycles. The van der Waals surface area contributed by atoms with Crippen molar-refractivity contribution >= 4 is 17.9 Å². The van der Waals surface area contributed by atoms with Crippen LogP contribution < -0.4 is 5.32 Å². The second-order valence-corrected chi connectivity index (χ2v) is 5.28. The molecule has 0 radical (unpaired) electrons. The normalized spacial score (nSPS) is 23.8. The Morgan fingerprint density at radius 3 is 2.43 bits per heavy atom. The molecular weight excluding hydrogens is 278 g/mol. The van der Waals surface area contributed by atoms with Crippen LogP contribution in [0.3, 0.4) is 0 Å². The van der Waals surface area contributed by atoms with Crippen molar-refractivity contribution in [3.8, 4) is 0 Å². The topological polar surface area (TPSA) is 99.2 Å². The van der Waals surface area contributed by atoms with E-state index in [1.807, 2.05) is 0 Å². The Bertz CT molecular complexity index is 420. The third-order valence-electron chi connectivity index (χ3n) is 4.04. The van der Waals surface area contributed by atoms with E-state index in [1.165, 1.54) is 4.90 Å². The predicted molar refractivity (Wildman–Crippen MR) is 72.7 cm³/mol. The van der Waals surface area contributed by atoms with Crippen LogP contribution in [0.5, 0.6) is 0 Å². The lowest BCUT2D eigenvalue weighted by Crippen LogP contribution is -2.57. The second kappa shape index (κ2) is 6.75. The minimum absolute atomic E-state index is 0.00289. The number of nitrogens with zero attached hydrogens (tertiary/aromatic N) is 2. The zero-order valence-corrected chi connectivity index (χ0v) is 12.1. The van der Waals surface area contributed by atoms with Gasteiger partial charge in [0.2, 0.25) is 5.91 Å². The van der Waals surface area contributed by atoms with Crippen LogP contribution in [0.4, 0.5) is 4.79 Å². The molecule has 0 spiro atoms. The second-order valence-electron chi connectivity index (χ2n) is 5.28. The van der Waals surface area contributed by atoms with Crippen LogP contribution in [0.25, 0.3) is 0 Å². The van der Waals surface area contributed by atoms with E-state index in [0.29, 0.717) is 32.5 Å². The van der Waals surface area contributed by atoms with Gasteiger partial charge < -0.3 is 25.0 Å². The molecule has 2 N–H and O–H groups in total. The highest BCUT2D eigenvalue weighted by Gasteiger charge is 2.36. The highest BCUT2D eigenvalue weighted by molar-refractivity contribution is 5.83. The number of ether oxygens (including phenoxy) is 1. The summed E-state index contributed by atoms with van der Waals surface area (Å²) in [6.45, 7) is 1.60. The van der Waals surface area contributed by atoms with Crippen molar-refractivity contribution in [2.45, 2.75) is 18.9 Å². The Hall–Kier alpha value is -1.83. The van der Waals surface area contributed by atoms with Gasteiger partial charge in [-0.3, -0.25) is 4.79 Å². The van der Waals surface area contributed by atoms with Crippen molar-refractivity contribution in [2.75, 3.05) is 39.9 Å². The van der Waals surface area contributed by atoms with Crippen LogP contribution in [-0.4, -0.2) is 78.8 Å². The van der Waals surface area contributed by atoms with Crippen molar-refractivity contribution in [3.05, 3.63) is 0 Å². The summed E-state index contributed by atoms with van der Waals surface area (Å²) in [5, 5.41) is 11.8. The van der Waals surface area contributed by atoms with Gasteiger partial charge in [-0.1, -0.05) is 0 Å². The number of nitrogens with one attached hydrogen (secondary N) is 1. The Morgan fingerprint density at radius 2 is 1.86 bits per heavy atom. The number of carbonyl (C=O) groups excluding carboxylic acids is 2. The van der Waals surface area contributed by atoms with Crippen LogP contribution in [0.15, 0.2) is 0 Å². The number of carboxylic acid groups (broad SMARTS) is 1. The summed E-state index contributed by atoms with van der Waals surface area (Å²) < 4.78 is 5.13. The van der Waals surface area contributed by atoms with E-state index in [4.69, 9.17) is 9.84 Å². The van der Waals surface area contributed by atoms with Gasteiger partial charge in [0, 0.05) is 32.6 Å². The van der Waals surface area contributed by atoms with Gasteiger partial charge in [-0.15, -0.1) is 0 Å². The molecule has 21 heavy (non-hydrogen) atoms. The molecular formula is C13H21N3O5. The number of rotatable bonds is 2. The molecule has 2 saturated heterocycles. The summed E-state index contributed by atoms with van der Waals surface area (Å²) >= 11 is 0. The number of hydrogen-bond donors (Lipinski definition) is 2. The summed E-state index contributed by atoms with van der Waals surface area (Å²) in [5.74, 6) is -1.13. The van der Waals surface area contributed by atoms with Crippen molar-refractivity contribution in [2.24, 2.45) is 5.92 Å². The molecule has 8 nitrogen and oxygen atoms in total. The van der Waals surface area contributed by atoms with Gasteiger partial charge >= 0.3 is 12.0 Å². The number of carbonyl (C=O) groups is 3. The predicted octanol–water partition coefficient (Wildman–Crippen LogP) is -0.650. The van der Waals surface area contributed by atoms with Gasteiger partial charge in [-0.05, 0) is 12.8 Å². The first-order valence-electron chi connectivity index (χ1n) is 7.12. The number of hydrogen-bond acceptors (Lipinski definition) is 4. The van der Waals surface area contributed by atoms with E-state index >= 15 is 0 Å². The van der Waals surface area contributed by atoms with Crippen molar-refractivity contribution in [3.63, 3.8) is 0 Å². The van der Waals surface area contributed by atoms with Crippen LogP contribution in [0.1, 0.15) is 12.8 Å². The molecule has 1 unspecified atom stereocenters. The quantitative estimate of drug-likeness (QED) is 0.706. The fraction of sp³-hybridized carbons (Fsp3) is 0.769. The summed E-state index contributed by atoms with van der Waals surface area (Å²) in [4.78, 5) is 38.2. The SMILES string of the molecule is CNC(=O)C1CCN(C(=O)N2CCOCC2C(=O)O)CC1. The lowest BCUT2D eigenvalue weighted by atomic mass is 9.96. The van der Waals surface area contributed by atoms with Gasteiger partial charge in [0.1, 0.15) is 0 Å². The number of likely N-dealkylation sites (tertiary alicyclic amines) is 1. The molecule has 3 amide bonds. The maximum absolute atomic E-state index is 12.4. The number of urea groups is 1. The number of morpholine rings is 1. The average molecular weight is 299 g/mol. The Labute approximate surface area is 123 Å². The zero-order valence-electron chi connectivity index (χ0n) is 12.1. The molecule has 2 fully saturated rings. The molecule has 2 aliphatic rings. The summed E-state index contributed by atoms with van der Waals surface area (Å²) in [6, 6.07) is -1.20. The van der Waals surface area contributed by atoms with E-state index in [2.05, 4.69) is 5.32 Å². The van der Waals surface area contributed by atoms with Crippen molar-refractivity contribution in [1.82, 2.24) is 15.1 Å². The minimum atomic E-state index is -1.05. The first-order valence-corrected chi connectivity index (χ1v) is 7.12. The fourth-order valence-corrected chi connectivity index (χ4v) is 2.76. The first kappa shape index (κ1) is 15.6. The molecule has 2 rings (SSSR count). The van der Waals surface area contributed by atoms with Gasteiger partial charge in [0.15, 0.2) is 6.04 Å². The highest BCUT2D eigenvalue weighted by atomic mass is 16.5. The molecule has 1 atom stereocenters. The number of aliphatic carboxylic acids is 1. The molecule has 8 heteroatoms. The monoisotopic (exact) mass is 299 g/mol. The van der Waals surface area contributed by atoms with E-state index in [-0.39, 0.29) is 31.0 Å². The highest BCUT2D eigenvalue weighted by Crippen LogP contribution is 2.20. The molecule has 0 aromatic carbocycles. The number of amides is 3. The van der Waals surface area contributed by atoms with Crippen molar-refractivity contribution in [1.29, 1.82) is 0 Å². The molecule has 2 aliphatic heterocycles. The standard InChI is InChI=1S/C13H21N3O5/c1-14-11(17)9-2-4-15(5-3-9)13(20)16-6-7-21-8-10(16)12(18)19/h9-10H,2-8H2,1H3,(H,14,17)(H,18,19). The van der Waals surface area contributed by atoms with E-state index in [1.54, 1.807) is 11.9 Å². The summed E-state index contributed by atoms with van der Waals surface area (Å²) in [6.07, 6.45) is 1.21. The third kappa shape index (κ3) is 3.44. The van der Waals surface area contributed by atoms with Gasteiger partial charge in [-0.2, -0.15) is 0 Å². The molecule has 0 aromatic heterocycles. The van der Waals surface area contributed by atoms with E-state index in [0.717, 1.165) is 0 Å². The van der Waals surface area contributed by atoms with Gasteiger partial charge in [0.25, 0.3) is 0 Å². The molecule has 0 saturated carbocycles. The molecule has 118 valence electrons. The number of piperidine rings is 1. The van der Waals surface area contributed by atoms with Gasteiger partial charge in [-0.25, -0.2) is 9.59 Å². The fourth-order valence-electron chi connectivity index (χ4n) is 2.76. The third-order valence-corrected chi connectivity index (χ3v) is 4.04. The van der Waals surface area contributed by atoms with Crippen molar-refractivity contribution < 1.29 is 24.2 Å². The average Bonchev–Trinajstić information content (AvgIpc) is 2.53. The number of carboxylic acids is 1. The van der Waals surface area contributed by atoms with Crippen LogP contribution in [-0.2, 0) is 14.3 Å². The lowest BCUT2D eigenvalue weighted by Gasteiger charge is -2.39. The minimum Gasteiger partial charge on any atom is -0.480 e. The first-order chi connectivity index (χ1) is 10.0. The smallest absolute Gasteiger partial charge is 0.328 e. The summed E-state index contributed by atoms with van der Waals surface area (Å²) in [7, 11) is 1.60.